The Morgan fingerprint density at radius 2 is 2.04 bits per heavy atom. The van der Waals surface area contributed by atoms with E-state index in [1.165, 1.54) is 11.1 Å². The molecule has 6 heteroatoms. The lowest BCUT2D eigenvalue weighted by atomic mass is 10.1. The Labute approximate surface area is 151 Å². The highest BCUT2D eigenvalue weighted by Crippen LogP contribution is 2.22. The van der Waals surface area contributed by atoms with E-state index < -0.39 is 0 Å². The molecule has 5 nitrogen and oxygen atoms in total. The van der Waals surface area contributed by atoms with Crippen LogP contribution in [0.15, 0.2) is 51.7 Å². The average molecular weight is 355 g/mol. The van der Waals surface area contributed by atoms with E-state index >= 15 is 0 Å². The molecule has 1 aromatic carbocycles. The van der Waals surface area contributed by atoms with Gasteiger partial charge < -0.3 is 14.7 Å². The van der Waals surface area contributed by atoms with Crippen LogP contribution >= 0.6 is 11.3 Å². The largest absolute Gasteiger partial charge is 0.355 e. The highest BCUT2D eigenvalue weighted by atomic mass is 32.1. The molecular formula is C19H21N3O2S. The maximum atomic E-state index is 12.4. The van der Waals surface area contributed by atoms with E-state index in [0.717, 1.165) is 5.56 Å². The fourth-order valence-corrected chi connectivity index (χ4v) is 3.29. The van der Waals surface area contributed by atoms with Crippen LogP contribution in [0.4, 0.5) is 0 Å². The first-order valence-electron chi connectivity index (χ1n) is 8.05. The second-order valence-corrected chi connectivity index (χ2v) is 6.97. The van der Waals surface area contributed by atoms with Crippen LogP contribution in [-0.2, 0) is 0 Å². The van der Waals surface area contributed by atoms with Gasteiger partial charge in [0.15, 0.2) is 11.5 Å². The van der Waals surface area contributed by atoms with Gasteiger partial charge in [-0.25, -0.2) is 0 Å². The molecule has 0 saturated carbocycles. The van der Waals surface area contributed by atoms with Crippen molar-refractivity contribution in [3.8, 4) is 11.3 Å². The molecule has 0 unspecified atom stereocenters. The van der Waals surface area contributed by atoms with Crippen molar-refractivity contribution in [2.75, 3.05) is 20.6 Å². The molecule has 1 amide bonds. The molecule has 3 rings (SSSR count). The van der Waals surface area contributed by atoms with Crippen LogP contribution in [-0.4, -0.2) is 36.6 Å². The molecule has 3 aromatic rings. The minimum Gasteiger partial charge on any atom is -0.355 e. The normalized spacial score (nSPS) is 12.3. The van der Waals surface area contributed by atoms with E-state index in [9.17, 15) is 4.79 Å². The third-order valence-electron chi connectivity index (χ3n) is 4.09. The number of aryl methyl sites for hydroxylation is 1. The number of hydrogen-bond acceptors (Lipinski definition) is 5. The summed E-state index contributed by atoms with van der Waals surface area (Å²) in [6.45, 7) is 2.53. The average Bonchev–Trinajstić information content (AvgIpc) is 3.27. The molecule has 0 aliphatic heterocycles. The Kier molecular flexibility index (Phi) is 5.31. The number of likely N-dealkylation sites (N-methyl/N-ethyl adjacent to an activating group) is 1. The van der Waals surface area contributed by atoms with Gasteiger partial charge in [-0.15, -0.1) is 0 Å². The van der Waals surface area contributed by atoms with Crippen LogP contribution in [0.5, 0.6) is 0 Å². The Morgan fingerprint density at radius 3 is 2.68 bits per heavy atom. The maximum absolute atomic E-state index is 12.4. The van der Waals surface area contributed by atoms with Gasteiger partial charge in [-0.1, -0.05) is 35.0 Å². The molecule has 130 valence electrons. The third kappa shape index (κ3) is 4.15. The van der Waals surface area contributed by atoms with E-state index in [1.807, 2.05) is 50.7 Å². The first-order chi connectivity index (χ1) is 12.0. The number of carbonyl (C=O) groups is 1. The predicted octanol–water partition coefficient (Wildman–Crippen LogP) is 3.74. The standard InChI is InChI=1S/C19H21N3O2S/c1-13-4-6-14(7-5-13)18-10-16(21-24-18)19(23)20-11-17(22(2)3)15-8-9-25-12-15/h4-10,12,17H,11H2,1-3H3,(H,20,23)/t17-/m1/s1. The van der Waals surface area contributed by atoms with Gasteiger partial charge in [0.25, 0.3) is 5.91 Å². The number of amides is 1. The number of hydrogen-bond donors (Lipinski definition) is 1. The van der Waals surface area contributed by atoms with Gasteiger partial charge in [-0.05, 0) is 43.4 Å². The lowest BCUT2D eigenvalue weighted by Gasteiger charge is -2.23. The van der Waals surface area contributed by atoms with Crippen molar-refractivity contribution < 1.29 is 9.32 Å². The number of thiophene rings is 1. The molecule has 0 spiro atoms. The van der Waals surface area contributed by atoms with Crippen molar-refractivity contribution in [3.63, 3.8) is 0 Å². The van der Waals surface area contributed by atoms with Crippen LogP contribution in [0.25, 0.3) is 11.3 Å². The van der Waals surface area contributed by atoms with Crippen LogP contribution < -0.4 is 5.32 Å². The van der Waals surface area contributed by atoms with Crippen LogP contribution in [0.3, 0.4) is 0 Å². The Hall–Kier alpha value is -2.44. The molecular weight excluding hydrogens is 334 g/mol. The first kappa shape index (κ1) is 17.4. The second-order valence-electron chi connectivity index (χ2n) is 6.19. The van der Waals surface area contributed by atoms with Gasteiger partial charge >= 0.3 is 0 Å². The molecule has 0 fully saturated rings. The van der Waals surface area contributed by atoms with Gasteiger partial charge in [0.05, 0.1) is 6.04 Å². The fraction of sp³-hybridized carbons (Fsp3) is 0.263. The summed E-state index contributed by atoms with van der Waals surface area (Å²) >= 11 is 1.65. The number of nitrogens with one attached hydrogen (secondary N) is 1. The van der Waals surface area contributed by atoms with Gasteiger partial charge in [-0.2, -0.15) is 11.3 Å². The molecule has 2 aromatic heterocycles. The summed E-state index contributed by atoms with van der Waals surface area (Å²) in [5, 5.41) is 11.0. The molecule has 25 heavy (non-hydrogen) atoms. The number of rotatable bonds is 6. The Morgan fingerprint density at radius 1 is 1.28 bits per heavy atom. The fourth-order valence-electron chi connectivity index (χ4n) is 2.58. The summed E-state index contributed by atoms with van der Waals surface area (Å²) in [6, 6.07) is 11.8. The summed E-state index contributed by atoms with van der Waals surface area (Å²) in [6.07, 6.45) is 0. The first-order valence-corrected chi connectivity index (χ1v) is 8.99. The predicted molar refractivity (Wildman–Crippen MR) is 99.8 cm³/mol. The zero-order valence-corrected chi connectivity index (χ0v) is 15.3. The SMILES string of the molecule is Cc1ccc(-c2cc(C(=O)NC[C@H](c3ccsc3)N(C)C)no2)cc1. The summed E-state index contributed by atoms with van der Waals surface area (Å²) < 4.78 is 5.32. The van der Waals surface area contributed by atoms with Crippen molar-refractivity contribution in [2.24, 2.45) is 0 Å². The summed E-state index contributed by atoms with van der Waals surface area (Å²) in [7, 11) is 4.00. The highest BCUT2D eigenvalue weighted by Gasteiger charge is 2.18. The van der Waals surface area contributed by atoms with Crippen molar-refractivity contribution in [1.29, 1.82) is 0 Å². The molecule has 0 bridgehead atoms. The van der Waals surface area contributed by atoms with Gasteiger partial charge in [0.2, 0.25) is 0 Å². The molecule has 1 N–H and O–H groups in total. The van der Waals surface area contributed by atoms with Crippen LogP contribution in [0.2, 0.25) is 0 Å². The van der Waals surface area contributed by atoms with Crippen molar-refractivity contribution in [1.82, 2.24) is 15.4 Å². The summed E-state index contributed by atoms with van der Waals surface area (Å²) in [5.41, 5.74) is 3.56. The van der Waals surface area contributed by atoms with E-state index in [-0.39, 0.29) is 11.9 Å². The van der Waals surface area contributed by atoms with E-state index in [1.54, 1.807) is 17.4 Å². The molecule has 1 atom stereocenters. The molecule has 0 radical (unpaired) electrons. The smallest absolute Gasteiger partial charge is 0.273 e. The zero-order valence-electron chi connectivity index (χ0n) is 14.5. The minimum atomic E-state index is -0.232. The topological polar surface area (TPSA) is 58.4 Å². The lowest BCUT2D eigenvalue weighted by Crippen LogP contribution is -2.34. The highest BCUT2D eigenvalue weighted by molar-refractivity contribution is 7.07. The molecule has 0 saturated heterocycles. The van der Waals surface area contributed by atoms with E-state index in [0.29, 0.717) is 18.0 Å². The monoisotopic (exact) mass is 355 g/mol. The molecule has 0 aliphatic carbocycles. The quantitative estimate of drug-likeness (QED) is 0.732. The summed E-state index contributed by atoms with van der Waals surface area (Å²) in [4.78, 5) is 14.5. The minimum absolute atomic E-state index is 0.124. The second kappa shape index (κ2) is 7.63. The summed E-state index contributed by atoms with van der Waals surface area (Å²) in [5.74, 6) is 0.358. The van der Waals surface area contributed by atoms with Crippen molar-refractivity contribution >= 4 is 17.2 Å². The maximum Gasteiger partial charge on any atom is 0.273 e. The molecule has 2 heterocycles. The van der Waals surface area contributed by atoms with Crippen LogP contribution in [0, 0.1) is 6.92 Å². The van der Waals surface area contributed by atoms with Gasteiger partial charge in [-0.3, -0.25) is 4.79 Å². The molecule has 0 aliphatic rings. The number of aromatic nitrogens is 1. The van der Waals surface area contributed by atoms with E-state index in [2.05, 4.69) is 26.8 Å². The van der Waals surface area contributed by atoms with Crippen molar-refractivity contribution in [2.45, 2.75) is 13.0 Å². The number of benzene rings is 1. The Bertz CT molecular complexity index is 823. The van der Waals surface area contributed by atoms with Gasteiger partial charge in [0, 0.05) is 18.2 Å². The van der Waals surface area contributed by atoms with E-state index in [4.69, 9.17) is 4.52 Å². The number of nitrogens with zero attached hydrogens (tertiary/aromatic N) is 2. The number of carbonyl (C=O) groups excluding carboxylic acids is 1. The van der Waals surface area contributed by atoms with Gasteiger partial charge in [0.1, 0.15) is 0 Å². The third-order valence-corrected chi connectivity index (χ3v) is 4.79. The Balaban J connectivity index is 1.66. The zero-order chi connectivity index (χ0) is 17.8. The van der Waals surface area contributed by atoms with Crippen molar-refractivity contribution in [3.05, 3.63) is 64.0 Å². The lowest BCUT2D eigenvalue weighted by molar-refractivity contribution is 0.0933. The van der Waals surface area contributed by atoms with Crippen LogP contribution in [0.1, 0.15) is 27.7 Å².